The molecule has 1 aliphatic heterocycles. The van der Waals surface area contributed by atoms with E-state index in [2.05, 4.69) is 6.58 Å². The van der Waals surface area contributed by atoms with Gasteiger partial charge >= 0.3 is 11.9 Å². The molecule has 2 aromatic rings. The molecule has 0 aromatic heterocycles. The first-order chi connectivity index (χ1) is 24.5. The molecule has 51 heavy (non-hydrogen) atoms. The van der Waals surface area contributed by atoms with E-state index in [1.165, 1.54) is 48.6 Å². The summed E-state index contributed by atoms with van der Waals surface area (Å²) in [6, 6.07) is 15.9. The van der Waals surface area contributed by atoms with Crippen LogP contribution in [0.3, 0.4) is 0 Å². The number of allylic oxidation sites excluding steroid dienone is 4. The van der Waals surface area contributed by atoms with Crippen LogP contribution in [0, 0.1) is 28.6 Å². The van der Waals surface area contributed by atoms with Crippen LogP contribution in [-0.4, -0.2) is 67.0 Å². The lowest BCUT2D eigenvalue weighted by Gasteiger charge is -2.40. The molecule has 0 spiro atoms. The summed E-state index contributed by atoms with van der Waals surface area (Å²) in [4.78, 5) is 48.6. The van der Waals surface area contributed by atoms with Gasteiger partial charge in [0, 0.05) is 37.6 Å². The van der Waals surface area contributed by atoms with E-state index in [0.29, 0.717) is 29.9 Å². The van der Waals surface area contributed by atoms with Crippen LogP contribution in [-0.2, 0) is 23.9 Å². The molecule has 2 aromatic carbocycles. The number of carbonyl (C=O) groups is 4. The first-order valence-electron chi connectivity index (χ1n) is 16.1. The number of alkyl halides is 2. The molecule has 2 aliphatic rings. The van der Waals surface area contributed by atoms with E-state index in [0.717, 1.165) is 11.0 Å². The maximum Gasteiger partial charge on any atom is 0.338 e. The van der Waals surface area contributed by atoms with Gasteiger partial charge in [0.15, 0.2) is 6.10 Å². The van der Waals surface area contributed by atoms with Crippen LogP contribution >= 0.6 is 0 Å². The Hall–Kier alpha value is -6.08. The number of ether oxygens (including phenoxy) is 4. The number of nitrogens with zero attached hydrogens (tertiary/aromatic N) is 3. The van der Waals surface area contributed by atoms with Crippen molar-refractivity contribution in [2.24, 2.45) is 5.92 Å². The molecule has 1 saturated carbocycles. The lowest BCUT2D eigenvalue weighted by molar-refractivity contribution is -0.147. The molecule has 264 valence electrons. The number of esters is 2. The van der Waals surface area contributed by atoms with Crippen LogP contribution in [0.1, 0.15) is 47.5 Å². The first-order valence-corrected chi connectivity index (χ1v) is 16.1. The number of rotatable bonds is 16. The maximum absolute atomic E-state index is 15.7. The zero-order valence-corrected chi connectivity index (χ0v) is 27.5. The van der Waals surface area contributed by atoms with E-state index in [9.17, 15) is 19.2 Å². The van der Waals surface area contributed by atoms with Crippen molar-refractivity contribution in [3.05, 3.63) is 108 Å². The SMILES string of the molecule is C=CC(=O)OCCCOc1ccc(C2CC(F)(F)C(OC(=O)c3ccc(OCCCN4C(=O)C=CC4=O)cc3)CC2/C=C/C=C(C#N)C#N)cc1. The largest absolute Gasteiger partial charge is 0.494 e. The summed E-state index contributed by atoms with van der Waals surface area (Å²) in [5.41, 5.74) is 0.475. The first kappa shape index (κ1) is 37.7. The fourth-order valence-electron chi connectivity index (χ4n) is 5.51. The Kier molecular flexibility index (Phi) is 13.4. The molecule has 1 heterocycles. The van der Waals surface area contributed by atoms with Gasteiger partial charge in [0.25, 0.3) is 17.7 Å². The molecule has 11 nitrogen and oxygen atoms in total. The van der Waals surface area contributed by atoms with Gasteiger partial charge in [-0.2, -0.15) is 10.5 Å². The number of halogens is 2. The molecule has 0 radical (unpaired) electrons. The number of hydrogen-bond donors (Lipinski definition) is 0. The topological polar surface area (TPSA) is 156 Å². The van der Waals surface area contributed by atoms with Crippen molar-refractivity contribution in [1.82, 2.24) is 4.90 Å². The molecule has 0 saturated heterocycles. The minimum atomic E-state index is -3.39. The Bertz CT molecular complexity index is 1740. The highest BCUT2D eigenvalue weighted by Crippen LogP contribution is 2.47. The molecule has 1 aliphatic carbocycles. The summed E-state index contributed by atoms with van der Waals surface area (Å²) < 4.78 is 52.9. The highest BCUT2D eigenvalue weighted by Gasteiger charge is 2.51. The lowest BCUT2D eigenvalue weighted by Crippen LogP contribution is -2.45. The van der Waals surface area contributed by atoms with Gasteiger partial charge in [-0.3, -0.25) is 14.5 Å². The van der Waals surface area contributed by atoms with E-state index in [4.69, 9.17) is 29.5 Å². The molecule has 3 unspecified atom stereocenters. The molecule has 1 fully saturated rings. The van der Waals surface area contributed by atoms with Gasteiger partial charge in [-0.05, 0) is 72.7 Å². The summed E-state index contributed by atoms with van der Waals surface area (Å²) in [6.07, 6.45) is 6.05. The van der Waals surface area contributed by atoms with Crippen LogP contribution in [0.4, 0.5) is 8.78 Å². The van der Waals surface area contributed by atoms with Crippen LogP contribution < -0.4 is 9.47 Å². The average molecular weight is 700 g/mol. The minimum Gasteiger partial charge on any atom is -0.494 e. The fraction of sp³-hybridized carbons (Fsp3) is 0.316. The van der Waals surface area contributed by atoms with E-state index < -0.39 is 42.2 Å². The monoisotopic (exact) mass is 699 g/mol. The van der Waals surface area contributed by atoms with Gasteiger partial charge in [-0.1, -0.05) is 30.9 Å². The molecular weight excluding hydrogens is 664 g/mol. The molecule has 4 rings (SSSR count). The predicted molar refractivity (Wildman–Crippen MR) is 178 cm³/mol. The number of nitriles is 2. The fourth-order valence-corrected chi connectivity index (χ4v) is 5.51. The highest BCUT2D eigenvalue weighted by atomic mass is 19.3. The van der Waals surface area contributed by atoms with Crippen LogP contribution in [0.15, 0.2) is 97.1 Å². The van der Waals surface area contributed by atoms with E-state index in [-0.39, 0.29) is 55.7 Å². The molecule has 13 heteroatoms. The second-order valence-corrected chi connectivity index (χ2v) is 11.6. The smallest absolute Gasteiger partial charge is 0.338 e. The summed E-state index contributed by atoms with van der Waals surface area (Å²) in [5.74, 6) is -5.99. The van der Waals surface area contributed by atoms with Gasteiger partial charge in [0.1, 0.15) is 29.2 Å². The third kappa shape index (κ3) is 10.7. The quantitative estimate of drug-likeness (QED) is 0.0527. The van der Waals surface area contributed by atoms with Crippen molar-refractivity contribution in [2.75, 3.05) is 26.4 Å². The summed E-state index contributed by atoms with van der Waals surface area (Å²) in [7, 11) is 0. The van der Waals surface area contributed by atoms with Gasteiger partial charge in [-0.15, -0.1) is 0 Å². The standard InChI is InChI=1S/C38H35F2N3O8/c1-2-36(46)50-21-5-20-49-30-12-8-27(9-13-30)32-23-38(39,40)33(22-29(32)7-3-6-26(24-41)25-42)51-37(47)28-10-14-31(15-11-28)48-19-4-18-43-34(44)16-17-35(43)45/h2-3,6-17,29,32-33H,1,4-5,18-23H2/b7-3+. The molecular formula is C38H35F2N3O8. The Morgan fingerprint density at radius 1 is 0.922 bits per heavy atom. The van der Waals surface area contributed by atoms with Crippen LogP contribution in [0.2, 0.25) is 0 Å². The van der Waals surface area contributed by atoms with E-state index >= 15 is 8.78 Å². The Morgan fingerprint density at radius 3 is 2.14 bits per heavy atom. The van der Waals surface area contributed by atoms with Crippen molar-refractivity contribution in [3.8, 4) is 23.6 Å². The number of benzene rings is 2. The maximum atomic E-state index is 15.7. The van der Waals surface area contributed by atoms with Crippen molar-refractivity contribution in [3.63, 3.8) is 0 Å². The van der Waals surface area contributed by atoms with Crippen molar-refractivity contribution < 1.29 is 46.9 Å². The van der Waals surface area contributed by atoms with Crippen LogP contribution in [0.25, 0.3) is 0 Å². The van der Waals surface area contributed by atoms with Crippen molar-refractivity contribution in [1.29, 1.82) is 10.5 Å². The average Bonchev–Trinajstić information content (AvgIpc) is 3.45. The summed E-state index contributed by atoms with van der Waals surface area (Å²) in [5, 5.41) is 18.2. The Labute approximate surface area is 293 Å². The Balaban J connectivity index is 1.38. The zero-order chi connectivity index (χ0) is 36.8. The minimum absolute atomic E-state index is 0.0387. The second kappa shape index (κ2) is 18.1. The summed E-state index contributed by atoms with van der Waals surface area (Å²) in [6.45, 7) is 4.12. The molecule has 3 atom stereocenters. The number of hydrogen-bond acceptors (Lipinski definition) is 10. The van der Waals surface area contributed by atoms with Gasteiger partial charge in [0.2, 0.25) is 0 Å². The Morgan fingerprint density at radius 2 is 1.53 bits per heavy atom. The summed E-state index contributed by atoms with van der Waals surface area (Å²) >= 11 is 0. The number of carbonyl (C=O) groups excluding carboxylic acids is 4. The van der Waals surface area contributed by atoms with Gasteiger partial charge < -0.3 is 18.9 Å². The molecule has 0 N–H and O–H groups in total. The third-order valence-electron chi connectivity index (χ3n) is 8.14. The molecule has 0 bridgehead atoms. The number of imide groups is 1. The third-order valence-corrected chi connectivity index (χ3v) is 8.14. The van der Waals surface area contributed by atoms with Gasteiger partial charge in [0.05, 0.1) is 25.4 Å². The second-order valence-electron chi connectivity index (χ2n) is 11.6. The van der Waals surface area contributed by atoms with Crippen molar-refractivity contribution in [2.45, 2.75) is 43.6 Å². The van der Waals surface area contributed by atoms with E-state index in [1.807, 2.05) is 0 Å². The lowest BCUT2D eigenvalue weighted by atomic mass is 9.72. The highest BCUT2D eigenvalue weighted by molar-refractivity contribution is 6.12. The van der Waals surface area contributed by atoms with E-state index in [1.54, 1.807) is 42.5 Å². The van der Waals surface area contributed by atoms with Crippen molar-refractivity contribution >= 4 is 23.8 Å². The molecule has 2 amide bonds. The normalized spacial score (nSPS) is 19.1. The number of amides is 2. The van der Waals surface area contributed by atoms with Crippen LogP contribution in [0.5, 0.6) is 11.5 Å². The predicted octanol–water partition coefficient (Wildman–Crippen LogP) is 5.76. The zero-order valence-electron chi connectivity index (χ0n) is 27.5. The van der Waals surface area contributed by atoms with Gasteiger partial charge in [-0.25, -0.2) is 18.4 Å².